The topological polar surface area (TPSA) is 61.4 Å². The molecular formula is C20H30ClN3O2. The fourth-order valence-corrected chi connectivity index (χ4v) is 4.24. The van der Waals surface area contributed by atoms with E-state index >= 15 is 0 Å². The molecule has 3 rings (SSSR count). The number of amides is 2. The number of para-hydroxylation sites is 1. The third-order valence-corrected chi connectivity index (χ3v) is 5.59. The third-order valence-electron chi connectivity index (χ3n) is 5.59. The lowest BCUT2D eigenvalue weighted by Crippen LogP contribution is -2.41. The molecule has 0 spiro atoms. The maximum Gasteiger partial charge on any atom is 0.243 e. The Morgan fingerprint density at radius 2 is 1.73 bits per heavy atom. The average molecular weight is 380 g/mol. The Bertz CT molecular complexity index is 632. The molecule has 0 aliphatic carbocycles. The molecule has 144 valence electrons. The maximum atomic E-state index is 12.5. The minimum Gasteiger partial charge on any atom is -0.336 e. The number of halogens is 1. The summed E-state index contributed by atoms with van der Waals surface area (Å²) in [7, 11) is 1.72. The first-order valence-corrected chi connectivity index (χ1v) is 9.28. The Morgan fingerprint density at radius 3 is 2.31 bits per heavy atom. The van der Waals surface area contributed by atoms with Gasteiger partial charge in [-0.2, -0.15) is 0 Å². The van der Waals surface area contributed by atoms with E-state index in [-0.39, 0.29) is 30.8 Å². The fourth-order valence-electron chi connectivity index (χ4n) is 4.24. The molecule has 2 heterocycles. The van der Waals surface area contributed by atoms with Crippen LogP contribution >= 0.6 is 12.4 Å². The van der Waals surface area contributed by atoms with Crippen LogP contribution in [-0.4, -0.2) is 42.4 Å². The minimum absolute atomic E-state index is 0. The van der Waals surface area contributed by atoms with Crippen LogP contribution in [0.2, 0.25) is 0 Å². The van der Waals surface area contributed by atoms with Crippen molar-refractivity contribution in [3.05, 3.63) is 29.3 Å². The van der Waals surface area contributed by atoms with Crippen LogP contribution in [0.25, 0.3) is 0 Å². The molecule has 1 aromatic rings. The van der Waals surface area contributed by atoms with E-state index in [4.69, 9.17) is 0 Å². The van der Waals surface area contributed by atoms with Gasteiger partial charge in [0, 0.05) is 31.2 Å². The second kappa shape index (κ2) is 8.87. The summed E-state index contributed by atoms with van der Waals surface area (Å²) in [5.74, 6) is 0.386. The lowest BCUT2D eigenvalue weighted by molar-refractivity contribution is -0.134. The highest BCUT2D eigenvalue weighted by molar-refractivity contribution is 5.95. The van der Waals surface area contributed by atoms with Crippen LogP contribution in [-0.2, 0) is 9.59 Å². The summed E-state index contributed by atoms with van der Waals surface area (Å²) in [5, 5.41) is 6.55. The first kappa shape index (κ1) is 20.7. The van der Waals surface area contributed by atoms with E-state index in [1.807, 2.05) is 32.0 Å². The third kappa shape index (κ3) is 4.98. The highest BCUT2D eigenvalue weighted by Crippen LogP contribution is 2.32. The standard InChI is InChI=1S/C20H29N3O2.ClH/c1-13-5-4-6-14(2)20(13)22-18(24)12-23(3)19(25)11-15-9-16-7-8-17(10-15)21-16;/h4-6,15-17,21H,7-12H2,1-3H3,(H,22,24);1H. The average Bonchev–Trinajstić information content (AvgIpc) is 2.89. The van der Waals surface area contributed by atoms with E-state index in [0.29, 0.717) is 24.4 Å². The number of nitrogens with zero attached hydrogens (tertiary/aromatic N) is 1. The van der Waals surface area contributed by atoms with E-state index in [1.54, 1.807) is 11.9 Å². The van der Waals surface area contributed by atoms with Gasteiger partial charge in [0.15, 0.2) is 0 Å². The monoisotopic (exact) mass is 379 g/mol. The Hall–Kier alpha value is -1.59. The largest absolute Gasteiger partial charge is 0.336 e. The first-order valence-electron chi connectivity index (χ1n) is 9.28. The number of fused-ring (bicyclic) bond motifs is 2. The summed E-state index contributed by atoms with van der Waals surface area (Å²) in [5.41, 5.74) is 2.92. The van der Waals surface area contributed by atoms with Crippen molar-refractivity contribution in [2.24, 2.45) is 5.92 Å². The molecule has 0 radical (unpaired) electrons. The highest BCUT2D eigenvalue weighted by Gasteiger charge is 2.34. The van der Waals surface area contributed by atoms with Crippen molar-refractivity contribution in [3.8, 4) is 0 Å². The molecule has 2 bridgehead atoms. The lowest BCUT2D eigenvalue weighted by atomic mass is 9.89. The predicted octanol–water partition coefficient (Wildman–Crippen LogP) is 3.04. The van der Waals surface area contributed by atoms with Gasteiger partial charge in [0.1, 0.15) is 0 Å². The lowest BCUT2D eigenvalue weighted by Gasteiger charge is -2.29. The minimum atomic E-state index is -0.140. The second-order valence-electron chi connectivity index (χ2n) is 7.74. The van der Waals surface area contributed by atoms with Crippen molar-refractivity contribution in [1.82, 2.24) is 10.2 Å². The van der Waals surface area contributed by atoms with Gasteiger partial charge in [-0.1, -0.05) is 18.2 Å². The summed E-state index contributed by atoms with van der Waals surface area (Å²) in [6.07, 6.45) is 5.21. The molecule has 2 saturated heterocycles. The van der Waals surface area contributed by atoms with Gasteiger partial charge in [-0.25, -0.2) is 0 Å². The van der Waals surface area contributed by atoms with Crippen molar-refractivity contribution < 1.29 is 9.59 Å². The van der Waals surface area contributed by atoms with E-state index in [0.717, 1.165) is 29.7 Å². The Morgan fingerprint density at radius 1 is 1.15 bits per heavy atom. The number of nitrogens with one attached hydrogen (secondary N) is 2. The van der Waals surface area contributed by atoms with Gasteiger partial charge in [0.2, 0.25) is 11.8 Å². The zero-order chi connectivity index (χ0) is 18.0. The molecule has 26 heavy (non-hydrogen) atoms. The van der Waals surface area contributed by atoms with E-state index in [2.05, 4.69) is 10.6 Å². The molecule has 2 aliphatic rings. The van der Waals surface area contributed by atoms with Gasteiger partial charge >= 0.3 is 0 Å². The molecule has 2 aliphatic heterocycles. The zero-order valence-electron chi connectivity index (χ0n) is 15.9. The molecule has 0 aromatic heterocycles. The maximum absolute atomic E-state index is 12.5. The normalized spacial score (nSPS) is 23.9. The van der Waals surface area contributed by atoms with Gasteiger partial charge in [0.25, 0.3) is 0 Å². The van der Waals surface area contributed by atoms with Crippen LogP contribution in [0, 0.1) is 19.8 Å². The number of aryl methyl sites for hydroxylation is 2. The number of benzene rings is 1. The molecule has 1 aromatic carbocycles. The van der Waals surface area contributed by atoms with Gasteiger partial charge in [-0.15, -0.1) is 12.4 Å². The van der Waals surface area contributed by atoms with Crippen LogP contribution in [0.1, 0.15) is 43.2 Å². The summed E-state index contributed by atoms with van der Waals surface area (Å²) in [6.45, 7) is 4.05. The summed E-state index contributed by atoms with van der Waals surface area (Å²) in [4.78, 5) is 26.4. The Labute approximate surface area is 162 Å². The number of anilines is 1. The van der Waals surface area contributed by atoms with E-state index in [1.165, 1.54) is 12.8 Å². The Balaban J connectivity index is 0.00000243. The molecule has 2 amide bonds. The number of piperidine rings is 1. The van der Waals surface area contributed by atoms with Crippen LogP contribution in [0.5, 0.6) is 0 Å². The quantitative estimate of drug-likeness (QED) is 0.826. The smallest absolute Gasteiger partial charge is 0.243 e. The number of carbonyl (C=O) groups is 2. The zero-order valence-corrected chi connectivity index (χ0v) is 16.7. The Kier molecular flexibility index (Phi) is 7.07. The predicted molar refractivity (Wildman–Crippen MR) is 107 cm³/mol. The molecule has 5 nitrogen and oxygen atoms in total. The molecule has 2 atom stereocenters. The first-order chi connectivity index (χ1) is 11.9. The summed E-state index contributed by atoms with van der Waals surface area (Å²) < 4.78 is 0. The second-order valence-corrected chi connectivity index (χ2v) is 7.74. The molecule has 2 unspecified atom stereocenters. The molecule has 6 heteroatoms. The van der Waals surface area contributed by atoms with Crippen molar-refractivity contribution in [1.29, 1.82) is 0 Å². The van der Waals surface area contributed by atoms with Gasteiger partial charge in [0.05, 0.1) is 6.54 Å². The van der Waals surface area contributed by atoms with Crippen molar-refractivity contribution >= 4 is 29.9 Å². The van der Waals surface area contributed by atoms with Crippen molar-refractivity contribution in [3.63, 3.8) is 0 Å². The van der Waals surface area contributed by atoms with E-state index < -0.39 is 0 Å². The van der Waals surface area contributed by atoms with Crippen molar-refractivity contribution in [2.45, 2.75) is 58.0 Å². The summed E-state index contributed by atoms with van der Waals surface area (Å²) in [6, 6.07) is 7.11. The molecule has 2 N–H and O–H groups in total. The van der Waals surface area contributed by atoms with Crippen LogP contribution in [0.15, 0.2) is 18.2 Å². The van der Waals surface area contributed by atoms with Gasteiger partial charge in [-0.05, 0) is 56.6 Å². The van der Waals surface area contributed by atoms with Crippen LogP contribution < -0.4 is 10.6 Å². The summed E-state index contributed by atoms with van der Waals surface area (Å²) >= 11 is 0. The van der Waals surface area contributed by atoms with E-state index in [9.17, 15) is 9.59 Å². The molecule has 0 saturated carbocycles. The molecular weight excluding hydrogens is 350 g/mol. The molecule has 2 fully saturated rings. The number of hydrogen-bond acceptors (Lipinski definition) is 3. The highest BCUT2D eigenvalue weighted by atomic mass is 35.5. The number of likely N-dealkylation sites (N-methyl/N-ethyl adjacent to an activating group) is 1. The number of rotatable bonds is 5. The number of hydrogen-bond donors (Lipinski definition) is 2. The SMILES string of the molecule is Cc1cccc(C)c1NC(=O)CN(C)C(=O)CC1CC2CCC(C1)N2.Cl. The fraction of sp³-hybridized carbons (Fsp3) is 0.600. The van der Waals surface area contributed by atoms with Gasteiger partial charge < -0.3 is 15.5 Å². The van der Waals surface area contributed by atoms with Crippen LogP contribution in [0.4, 0.5) is 5.69 Å². The van der Waals surface area contributed by atoms with Crippen molar-refractivity contribution in [2.75, 3.05) is 18.9 Å². The van der Waals surface area contributed by atoms with Gasteiger partial charge in [-0.3, -0.25) is 9.59 Å². The van der Waals surface area contributed by atoms with Crippen LogP contribution in [0.3, 0.4) is 0 Å². The number of carbonyl (C=O) groups excluding carboxylic acids is 2.